The average molecular weight is 661 g/mol. The zero-order valence-electron chi connectivity index (χ0n) is 23.2. The van der Waals surface area contributed by atoms with Crippen molar-refractivity contribution >= 4 is 55.1 Å². The molecule has 4 rings (SSSR count). The normalized spacial score (nSPS) is 14.4. The number of carbonyl (C=O) groups excluding carboxylic acids is 2. The number of hydrogen-bond acceptors (Lipinski definition) is 4. The summed E-state index contributed by atoms with van der Waals surface area (Å²) in [6, 6.07) is 19.7. The van der Waals surface area contributed by atoms with E-state index in [-0.39, 0.29) is 23.4 Å². The summed E-state index contributed by atoms with van der Waals surface area (Å²) in [6.07, 6.45) is 4.34. The number of halogens is 2. The molecule has 0 bridgehead atoms. The van der Waals surface area contributed by atoms with Crippen molar-refractivity contribution in [2.24, 2.45) is 0 Å². The SMILES string of the molecule is CC[C@@H](C(=O)NC1CCCC1)N(Cc1ccc(Cl)cc1)C(=O)CN(c1ccc(Br)cc1)S(=O)(=O)c1ccc(C)cc1. The molecule has 10 heteroatoms. The van der Waals surface area contributed by atoms with E-state index in [0.29, 0.717) is 17.1 Å². The van der Waals surface area contributed by atoms with Crippen molar-refractivity contribution < 1.29 is 18.0 Å². The fourth-order valence-corrected chi connectivity index (χ4v) is 6.85. The van der Waals surface area contributed by atoms with Crippen molar-refractivity contribution in [3.05, 3.63) is 93.4 Å². The van der Waals surface area contributed by atoms with E-state index in [9.17, 15) is 18.0 Å². The zero-order chi connectivity index (χ0) is 29.6. The van der Waals surface area contributed by atoms with Gasteiger partial charge in [0, 0.05) is 22.1 Å². The van der Waals surface area contributed by atoms with E-state index in [1.54, 1.807) is 60.7 Å². The van der Waals surface area contributed by atoms with Gasteiger partial charge >= 0.3 is 0 Å². The second-order valence-electron chi connectivity index (χ2n) is 10.4. The molecule has 0 aliphatic heterocycles. The van der Waals surface area contributed by atoms with Crippen LogP contribution in [-0.4, -0.2) is 43.8 Å². The highest BCUT2D eigenvalue weighted by Crippen LogP contribution is 2.27. The highest BCUT2D eigenvalue weighted by Gasteiger charge is 2.34. The van der Waals surface area contributed by atoms with Crippen LogP contribution in [0.3, 0.4) is 0 Å². The van der Waals surface area contributed by atoms with E-state index in [1.165, 1.54) is 17.0 Å². The summed E-state index contributed by atoms with van der Waals surface area (Å²) in [5.41, 5.74) is 2.05. The lowest BCUT2D eigenvalue weighted by atomic mass is 10.1. The highest BCUT2D eigenvalue weighted by atomic mass is 79.9. The van der Waals surface area contributed by atoms with Crippen molar-refractivity contribution in [2.45, 2.75) is 69.5 Å². The Balaban J connectivity index is 1.70. The first-order chi connectivity index (χ1) is 19.6. The third kappa shape index (κ3) is 7.90. The molecule has 2 amide bonds. The van der Waals surface area contributed by atoms with Crippen LogP contribution in [0.2, 0.25) is 5.02 Å². The van der Waals surface area contributed by atoms with Gasteiger partial charge in [0.2, 0.25) is 11.8 Å². The molecule has 0 unspecified atom stereocenters. The summed E-state index contributed by atoms with van der Waals surface area (Å²) in [7, 11) is -4.11. The standard InChI is InChI=1S/C31H35BrClN3O4S/c1-3-29(31(38)34-26-6-4-5-7-26)35(20-23-10-14-25(33)15-11-23)30(37)21-36(27-16-12-24(32)13-17-27)41(39,40)28-18-8-22(2)9-19-28/h8-19,26,29H,3-7,20-21H2,1-2H3,(H,34,38)/t29-/m0/s1. The van der Waals surface area contributed by atoms with Crippen molar-refractivity contribution in [1.82, 2.24) is 10.2 Å². The van der Waals surface area contributed by atoms with Crippen LogP contribution >= 0.6 is 27.5 Å². The number of anilines is 1. The Morgan fingerprint density at radius 2 is 1.59 bits per heavy atom. The lowest BCUT2D eigenvalue weighted by molar-refractivity contribution is -0.140. The van der Waals surface area contributed by atoms with Gasteiger partial charge in [-0.15, -0.1) is 0 Å². The molecule has 0 radical (unpaired) electrons. The Morgan fingerprint density at radius 3 is 2.17 bits per heavy atom. The van der Waals surface area contributed by atoms with Crippen LogP contribution in [-0.2, 0) is 26.2 Å². The molecule has 41 heavy (non-hydrogen) atoms. The number of nitrogens with zero attached hydrogens (tertiary/aromatic N) is 2. The smallest absolute Gasteiger partial charge is 0.264 e. The summed E-state index contributed by atoms with van der Waals surface area (Å²) in [5, 5.41) is 3.68. The highest BCUT2D eigenvalue weighted by molar-refractivity contribution is 9.10. The summed E-state index contributed by atoms with van der Waals surface area (Å²) < 4.78 is 29.8. The van der Waals surface area contributed by atoms with Crippen LogP contribution in [0.4, 0.5) is 5.69 Å². The number of carbonyl (C=O) groups is 2. The Kier molecular flexibility index (Phi) is 10.5. The summed E-state index contributed by atoms with van der Waals surface area (Å²) in [4.78, 5) is 29.2. The van der Waals surface area contributed by atoms with E-state index < -0.39 is 28.5 Å². The van der Waals surface area contributed by atoms with Gasteiger partial charge in [0.1, 0.15) is 12.6 Å². The van der Waals surface area contributed by atoms with Crippen LogP contribution < -0.4 is 9.62 Å². The minimum absolute atomic E-state index is 0.0779. The molecule has 3 aromatic carbocycles. The first kappa shape index (κ1) is 31.1. The van der Waals surface area contributed by atoms with E-state index in [4.69, 9.17) is 11.6 Å². The van der Waals surface area contributed by atoms with Gasteiger partial charge in [-0.2, -0.15) is 0 Å². The van der Waals surface area contributed by atoms with Gasteiger partial charge in [-0.1, -0.05) is 77.1 Å². The van der Waals surface area contributed by atoms with Crippen LogP contribution in [0.25, 0.3) is 0 Å². The van der Waals surface area contributed by atoms with Gasteiger partial charge in [-0.25, -0.2) is 8.42 Å². The Hall–Kier alpha value is -2.88. The quantitative estimate of drug-likeness (QED) is 0.255. The van der Waals surface area contributed by atoms with Crippen molar-refractivity contribution in [1.29, 1.82) is 0 Å². The van der Waals surface area contributed by atoms with Gasteiger partial charge in [0.15, 0.2) is 0 Å². The summed E-state index contributed by atoms with van der Waals surface area (Å²) in [6.45, 7) is 3.39. The van der Waals surface area contributed by atoms with E-state index in [0.717, 1.165) is 45.6 Å². The molecule has 1 aliphatic rings. The molecule has 1 saturated carbocycles. The minimum Gasteiger partial charge on any atom is -0.352 e. The predicted octanol–water partition coefficient (Wildman–Crippen LogP) is 6.47. The molecule has 0 saturated heterocycles. The first-order valence-corrected chi connectivity index (χ1v) is 16.4. The van der Waals surface area contributed by atoms with Crippen molar-refractivity contribution in [2.75, 3.05) is 10.8 Å². The Bertz CT molecular complexity index is 1440. The topological polar surface area (TPSA) is 86.8 Å². The lowest BCUT2D eigenvalue weighted by Gasteiger charge is -2.33. The van der Waals surface area contributed by atoms with Gasteiger partial charge in [0.05, 0.1) is 10.6 Å². The summed E-state index contributed by atoms with van der Waals surface area (Å²) in [5.74, 6) is -0.703. The fraction of sp³-hybridized carbons (Fsp3) is 0.355. The zero-order valence-corrected chi connectivity index (χ0v) is 26.4. The second-order valence-corrected chi connectivity index (χ2v) is 13.6. The molecular formula is C31H35BrClN3O4S. The number of sulfonamides is 1. The lowest BCUT2D eigenvalue weighted by Crippen LogP contribution is -2.53. The molecule has 218 valence electrons. The largest absolute Gasteiger partial charge is 0.352 e. The van der Waals surface area contributed by atoms with Crippen molar-refractivity contribution in [3.8, 4) is 0 Å². The molecule has 1 N–H and O–H groups in total. The number of amides is 2. The fourth-order valence-electron chi connectivity index (χ4n) is 5.05. The molecule has 3 aromatic rings. The van der Waals surface area contributed by atoms with Crippen LogP contribution in [0.5, 0.6) is 0 Å². The number of hydrogen-bond donors (Lipinski definition) is 1. The number of rotatable bonds is 11. The number of benzene rings is 3. The third-order valence-electron chi connectivity index (χ3n) is 7.36. The molecule has 1 aliphatic carbocycles. The maximum absolute atomic E-state index is 14.1. The van der Waals surface area contributed by atoms with Crippen LogP contribution in [0, 0.1) is 6.92 Å². The molecule has 0 heterocycles. The average Bonchev–Trinajstić information content (AvgIpc) is 3.46. The van der Waals surface area contributed by atoms with Gasteiger partial charge < -0.3 is 10.2 Å². The maximum Gasteiger partial charge on any atom is 0.264 e. The van der Waals surface area contributed by atoms with E-state index in [1.807, 2.05) is 13.8 Å². The molecule has 1 atom stereocenters. The maximum atomic E-state index is 14.1. The predicted molar refractivity (Wildman–Crippen MR) is 166 cm³/mol. The molecular weight excluding hydrogens is 626 g/mol. The number of nitrogens with one attached hydrogen (secondary N) is 1. The molecule has 0 aromatic heterocycles. The number of aryl methyl sites for hydroxylation is 1. The van der Waals surface area contributed by atoms with E-state index >= 15 is 0 Å². The molecule has 0 spiro atoms. The first-order valence-electron chi connectivity index (χ1n) is 13.8. The Morgan fingerprint density at radius 1 is 0.976 bits per heavy atom. The Labute approximate surface area is 256 Å². The summed E-state index contributed by atoms with van der Waals surface area (Å²) >= 11 is 9.49. The van der Waals surface area contributed by atoms with Gasteiger partial charge in [-0.3, -0.25) is 13.9 Å². The van der Waals surface area contributed by atoms with Crippen molar-refractivity contribution in [3.63, 3.8) is 0 Å². The monoisotopic (exact) mass is 659 g/mol. The third-order valence-corrected chi connectivity index (χ3v) is 9.92. The van der Waals surface area contributed by atoms with Gasteiger partial charge in [0.25, 0.3) is 10.0 Å². The van der Waals surface area contributed by atoms with Crippen LogP contribution in [0.15, 0.2) is 82.2 Å². The van der Waals surface area contributed by atoms with Crippen LogP contribution in [0.1, 0.15) is 50.2 Å². The van der Waals surface area contributed by atoms with E-state index in [2.05, 4.69) is 21.2 Å². The van der Waals surface area contributed by atoms with Gasteiger partial charge in [-0.05, 0) is 80.3 Å². The minimum atomic E-state index is -4.11. The second kappa shape index (κ2) is 13.9. The molecule has 7 nitrogen and oxygen atoms in total. The molecule has 1 fully saturated rings.